The second kappa shape index (κ2) is 6.95. The number of carboxylic acid groups (broad SMARTS) is 1. The Morgan fingerprint density at radius 1 is 1.14 bits per heavy atom. The molecule has 1 amide bonds. The van der Waals surface area contributed by atoms with Gasteiger partial charge in [0.25, 0.3) is 5.91 Å². The van der Waals surface area contributed by atoms with Gasteiger partial charge in [-0.25, -0.2) is 4.79 Å². The molecule has 0 aromatic heterocycles. The van der Waals surface area contributed by atoms with E-state index in [0.717, 1.165) is 11.3 Å². The van der Waals surface area contributed by atoms with E-state index in [4.69, 9.17) is 5.11 Å². The molecule has 2 rings (SSSR count). The maximum atomic E-state index is 12.2. The molecule has 0 fully saturated rings. The first-order valence-electron chi connectivity index (χ1n) is 6.33. The van der Waals surface area contributed by atoms with Crippen molar-refractivity contribution < 1.29 is 14.7 Å². The Hall–Kier alpha value is -2.27. The highest BCUT2D eigenvalue weighted by molar-refractivity contribution is 7.97. The summed E-state index contributed by atoms with van der Waals surface area (Å²) in [5, 5.41) is 11.8. The van der Waals surface area contributed by atoms with E-state index in [0.29, 0.717) is 11.3 Å². The minimum atomic E-state index is -1.07. The van der Waals surface area contributed by atoms with Crippen LogP contribution in [0.25, 0.3) is 0 Å². The maximum Gasteiger partial charge on any atom is 0.337 e. The van der Waals surface area contributed by atoms with E-state index in [2.05, 4.69) is 5.32 Å². The summed E-state index contributed by atoms with van der Waals surface area (Å²) >= 11 is 1.68. The summed E-state index contributed by atoms with van der Waals surface area (Å²) in [7, 11) is 0. The van der Waals surface area contributed by atoms with E-state index in [-0.39, 0.29) is 11.5 Å². The minimum absolute atomic E-state index is 0.0751. The molecule has 5 heteroatoms. The largest absolute Gasteiger partial charge is 0.478 e. The molecule has 108 valence electrons. The van der Waals surface area contributed by atoms with E-state index in [1.54, 1.807) is 36.0 Å². The van der Waals surface area contributed by atoms with Crippen LogP contribution in [-0.4, -0.2) is 23.2 Å². The molecule has 0 saturated carbocycles. The predicted molar refractivity (Wildman–Crippen MR) is 85.0 cm³/mol. The molecule has 0 radical (unpaired) electrons. The number of carbonyl (C=O) groups is 2. The van der Waals surface area contributed by atoms with E-state index < -0.39 is 5.97 Å². The summed E-state index contributed by atoms with van der Waals surface area (Å²) in [5.41, 5.74) is 1.94. The SMILES string of the molecule is CSCc1cccc(C(=O)Nc2ccccc2C(=O)O)c1. The Morgan fingerprint density at radius 3 is 2.62 bits per heavy atom. The Labute approximate surface area is 127 Å². The molecule has 0 heterocycles. The number of amides is 1. The number of anilines is 1. The number of aromatic carboxylic acids is 1. The zero-order valence-electron chi connectivity index (χ0n) is 11.5. The van der Waals surface area contributed by atoms with Crippen molar-refractivity contribution in [1.29, 1.82) is 0 Å². The molecule has 2 N–H and O–H groups in total. The number of para-hydroxylation sites is 1. The topological polar surface area (TPSA) is 66.4 Å². The number of thioether (sulfide) groups is 1. The first kappa shape index (κ1) is 15.1. The molecule has 0 unspecified atom stereocenters. The fourth-order valence-corrected chi connectivity index (χ4v) is 2.46. The number of hydrogen-bond acceptors (Lipinski definition) is 3. The van der Waals surface area contributed by atoms with Crippen molar-refractivity contribution in [2.24, 2.45) is 0 Å². The molecule has 2 aromatic carbocycles. The van der Waals surface area contributed by atoms with Crippen LogP contribution in [0.4, 0.5) is 5.69 Å². The summed E-state index contributed by atoms with van der Waals surface area (Å²) in [6, 6.07) is 13.7. The van der Waals surface area contributed by atoms with E-state index >= 15 is 0 Å². The molecule has 0 aliphatic rings. The number of hydrogen-bond donors (Lipinski definition) is 2. The summed E-state index contributed by atoms with van der Waals surface area (Å²) < 4.78 is 0. The number of carbonyl (C=O) groups excluding carboxylic acids is 1. The van der Waals surface area contributed by atoms with Gasteiger partial charge in [-0.2, -0.15) is 11.8 Å². The van der Waals surface area contributed by atoms with Crippen LogP contribution in [-0.2, 0) is 5.75 Å². The van der Waals surface area contributed by atoms with Crippen molar-refractivity contribution in [3.63, 3.8) is 0 Å². The van der Waals surface area contributed by atoms with Gasteiger partial charge in [0.1, 0.15) is 0 Å². The first-order valence-corrected chi connectivity index (χ1v) is 7.72. The monoisotopic (exact) mass is 301 g/mol. The van der Waals surface area contributed by atoms with Crippen molar-refractivity contribution in [3.8, 4) is 0 Å². The molecule has 0 atom stereocenters. The summed E-state index contributed by atoms with van der Waals surface area (Å²) in [6.07, 6.45) is 2.00. The van der Waals surface area contributed by atoms with Crippen LogP contribution in [0, 0.1) is 0 Å². The third kappa shape index (κ3) is 3.86. The average Bonchev–Trinajstić information content (AvgIpc) is 2.48. The highest BCUT2D eigenvalue weighted by Crippen LogP contribution is 2.17. The normalized spacial score (nSPS) is 10.1. The van der Waals surface area contributed by atoms with Crippen molar-refractivity contribution >= 4 is 29.3 Å². The second-order valence-corrected chi connectivity index (χ2v) is 5.30. The molecule has 2 aromatic rings. The fourth-order valence-electron chi connectivity index (χ4n) is 1.94. The molecule has 21 heavy (non-hydrogen) atoms. The van der Waals surface area contributed by atoms with Crippen molar-refractivity contribution in [3.05, 3.63) is 65.2 Å². The van der Waals surface area contributed by atoms with Gasteiger partial charge in [0.2, 0.25) is 0 Å². The first-order chi connectivity index (χ1) is 10.1. The predicted octanol–water partition coefficient (Wildman–Crippen LogP) is 3.50. The zero-order chi connectivity index (χ0) is 15.2. The molecule has 4 nitrogen and oxygen atoms in total. The van der Waals surface area contributed by atoms with Crippen LogP contribution >= 0.6 is 11.8 Å². The van der Waals surface area contributed by atoms with Gasteiger partial charge in [0.15, 0.2) is 0 Å². The third-order valence-corrected chi connectivity index (χ3v) is 3.53. The number of nitrogens with one attached hydrogen (secondary N) is 1. The van der Waals surface area contributed by atoms with Gasteiger partial charge < -0.3 is 10.4 Å². The smallest absolute Gasteiger partial charge is 0.337 e. The maximum absolute atomic E-state index is 12.2. The molecule has 0 saturated heterocycles. The summed E-state index contributed by atoms with van der Waals surface area (Å²) in [4.78, 5) is 23.4. The van der Waals surface area contributed by atoms with Crippen LogP contribution in [0.2, 0.25) is 0 Å². The summed E-state index contributed by atoms with van der Waals surface area (Å²) in [6.45, 7) is 0. The minimum Gasteiger partial charge on any atom is -0.478 e. The fraction of sp³-hybridized carbons (Fsp3) is 0.125. The summed E-state index contributed by atoms with van der Waals surface area (Å²) in [5.74, 6) is -0.555. The van der Waals surface area contributed by atoms with Crippen LogP contribution in [0.1, 0.15) is 26.3 Å². The molecular formula is C16H15NO3S. The highest BCUT2D eigenvalue weighted by Gasteiger charge is 2.13. The van der Waals surface area contributed by atoms with Crippen molar-refractivity contribution in [1.82, 2.24) is 0 Å². The van der Waals surface area contributed by atoms with E-state index in [1.165, 1.54) is 6.07 Å². The quantitative estimate of drug-likeness (QED) is 0.887. The van der Waals surface area contributed by atoms with Crippen LogP contribution in [0.5, 0.6) is 0 Å². The lowest BCUT2D eigenvalue weighted by atomic mass is 10.1. The van der Waals surface area contributed by atoms with Crippen LogP contribution in [0.15, 0.2) is 48.5 Å². The Morgan fingerprint density at radius 2 is 1.90 bits per heavy atom. The van der Waals surface area contributed by atoms with Gasteiger partial charge in [-0.3, -0.25) is 4.79 Å². The number of carboxylic acids is 1. The molecule has 0 bridgehead atoms. The van der Waals surface area contributed by atoms with Gasteiger partial charge in [0, 0.05) is 11.3 Å². The molecular weight excluding hydrogens is 286 g/mol. The van der Waals surface area contributed by atoms with E-state index in [1.807, 2.05) is 24.5 Å². The Kier molecular flexibility index (Phi) is 5.00. The molecule has 0 aliphatic carbocycles. The van der Waals surface area contributed by atoms with Crippen molar-refractivity contribution in [2.45, 2.75) is 5.75 Å². The lowest BCUT2D eigenvalue weighted by Gasteiger charge is -2.09. The van der Waals surface area contributed by atoms with Crippen molar-refractivity contribution in [2.75, 3.05) is 11.6 Å². The lowest BCUT2D eigenvalue weighted by molar-refractivity contribution is 0.0698. The number of rotatable bonds is 5. The average molecular weight is 301 g/mol. The lowest BCUT2D eigenvalue weighted by Crippen LogP contribution is -2.14. The Balaban J connectivity index is 2.22. The molecule has 0 aliphatic heterocycles. The molecule has 0 spiro atoms. The Bertz CT molecular complexity index is 670. The highest BCUT2D eigenvalue weighted by atomic mass is 32.2. The number of benzene rings is 2. The van der Waals surface area contributed by atoms with Gasteiger partial charge in [-0.05, 0) is 36.1 Å². The van der Waals surface area contributed by atoms with Gasteiger partial charge in [-0.15, -0.1) is 0 Å². The van der Waals surface area contributed by atoms with E-state index in [9.17, 15) is 9.59 Å². The second-order valence-electron chi connectivity index (χ2n) is 4.44. The zero-order valence-corrected chi connectivity index (χ0v) is 12.3. The van der Waals surface area contributed by atoms with Crippen LogP contribution in [0.3, 0.4) is 0 Å². The van der Waals surface area contributed by atoms with Gasteiger partial charge in [0.05, 0.1) is 11.3 Å². The van der Waals surface area contributed by atoms with Crippen LogP contribution < -0.4 is 5.32 Å². The van der Waals surface area contributed by atoms with Gasteiger partial charge in [-0.1, -0.05) is 24.3 Å². The van der Waals surface area contributed by atoms with Gasteiger partial charge >= 0.3 is 5.97 Å². The standard InChI is InChI=1S/C16H15NO3S/c1-21-10-11-5-4-6-12(9-11)15(18)17-14-8-3-2-7-13(14)16(19)20/h2-9H,10H2,1H3,(H,17,18)(H,19,20). The third-order valence-electron chi connectivity index (χ3n) is 2.91.